The SMILES string of the molecule is COc1cccc(C(N)c2ncc(C)cc2C)c1. The van der Waals surface area contributed by atoms with Gasteiger partial charge in [0.15, 0.2) is 0 Å². The van der Waals surface area contributed by atoms with E-state index in [1.165, 1.54) is 0 Å². The first kappa shape index (κ1) is 12.6. The van der Waals surface area contributed by atoms with Crippen molar-refractivity contribution in [3.05, 3.63) is 58.9 Å². The maximum Gasteiger partial charge on any atom is 0.119 e. The van der Waals surface area contributed by atoms with Crippen molar-refractivity contribution >= 4 is 0 Å². The average molecular weight is 242 g/mol. The Balaban J connectivity index is 2.37. The highest BCUT2D eigenvalue weighted by molar-refractivity contribution is 5.37. The average Bonchev–Trinajstić information content (AvgIpc) is 2.38. The van der Waals surface area contributed by atoms with Crippen molar-refractivity contribution in [1.82, 2.24) is 4.98 Å². The van der Waals surface area contributed by atoms with Gasteiger partial charge in [0.1, 0.15) is 5.75 Å². The quantitative estimate of drug-likeness (QED) is 0.900. The van der Waals surface area contributed by atoms with Gasteiger partial charge in [0, 0.05) is 6.20 Å². The molecule has 2 rings (SSSR count). The molecule has 2 N–H and O–H groups in total. The lowest BCUT2D eigenvalue weighted by Gasteiger charge is -2.15. The lowest BCUT2D eigenvalue weighted by Crippen LogP contribution is -2.15. The van der Waals surface area contributed by atoms with Gasteiger partial charge in [-0.3, -0.25) is 4.98 Å². The summed E-state index contributed by atoms with van der Waals surface area (Å²) in [5.41, 5.74) is 10.5. The summed E-state index contributed by atoms with van der Waals surface area (Å²) in [6.07, 6.45) is 1.85. The van der Waals surface area contributed by atoms with Gasteiger partial charge < -0.3 is 10.5 Å². The molecule has 0 saturated heterocycles. The molecule has 3 nitrogen and oxygen atoms in total. The van der Waals surface area contributed by atoms with Crippen LogP contribution in [0.2, 0.25) is 0 Å². The molecular formula is C15H18N2O. The summed E-state index contributed by atoms with van der Waals surface area (Å²) in [7, 11) is 1.65. The highest BCUT2D eigenvalue weighted by atomic mass is 16.5. The smallest absolute Gasteiger partial charge is 0.119 e. The van der Waals surface area contributed by atoms with Gasteiger partial charge in [0.05, 0.1) is 18.8 Å². The van der Waals surface area contributed by atoms with E-state index in [1.54, 1.807) is 7.11 Å². The van der Waals surface area contributed by atoms with E-state index >= 15 is 0 Å². The third kappa shape index (κ3) is 2.51. The lowest BCUT2D eigenvalue weighted by atomic mass is 10.00. The topological polar surface area (TPSA) is 48.1 Å². The molecule has 0 saturated carbocycles. The molecule has 2 aromatic rings. The van der Waals surface area contributed by atoms with E-state index in [1.807, 2.05) is 44.3 Å². The number of nitrogens with two attached hydrogens (primary N) is 1. The van der Waals surface area contributed by atoms with Crippen LogP contribution in [0.25, 0.3) is 0 Å². The molecule has 18 heavy (non-hydrogen) atoms. The zero-order valence-electron chi connectivity index (χ0n) is 11.0. The Morgan fingerprint density at radius 1 is 1.22 bits per heavy atom. The molecule has 0 spiro atoms. The van der Waals surface area contributed by atoms with Gasteiger partial charge in [-0.15, -0.1) is 0 Å². The van der Waals surface area contributed by atoms with Crippen molar-refractivity contribution in [3.8, 4) is 5.75 Å². The summed E-state index contributed by atoms with van der Waals surface area (Å²) in [6.45, 7) is 4.07. The van der Waals surface area contributed by atoms with Gasteiger partial charge in [-0.05, 0) is 42.7 Å². The first-order chi connectivity index (χ1) is 8.61. The Labute approximate surface area is 108 Å². The van der Waals surface area contributed by atoms with Crippen LogP contribution < -0.4 is 10.5 Å². The maximum absolute atomic E-state index is 6.27. The van der Waals surface area contributed by atoms with Crippen LogP contribution in [-0.2, 0) is 0 Å². The number of pyridine rings is 1. The van der Waals surface area contributed by atoms with Gasteiger partial charge in [-0.1, -0.05) is 18.2 Å². The summed E-state index contributed by atoms with van der Waals surface area (Å²) in [5, 5.41) is 0. The molecule has 1 heterocycles. The Kier molecular flexibility index (Phi) is 3.63. The first-order valence-electron chi connectivity index (χ1n) is 5.94. The number of nitrogens with zero attached hydrogens (tertiary/aromatic N) is 1. The molecule has 0 aliphatic rings. The van der Waals surface area contributed by atoms with E-state index in [0.717, 1.165) is 28.1 Å². The number of rotatable bonds is 3. The lowest BCUT2D eigenvalue weighted by molar-refractivity contribution is 0.414. The second kappa shape index (κ2) is 5.19. The molecule has 0 bridgehead atoms. The summed E-state index contributed by atoms with van der Waals surface area (Å²) >= 11 is 0. The Morgan fingerprint density at radius 2 is 2.00 bits per heavy atom. The summed E-state index contributed by atoms with van der Waals surface area (Å²) in [5.74, 6) is 0.813. The minimum atomic E-state index is -0.222. The highest BCUT2D eigenvalue weighted by Crippen LogP contribution is 2.24. The van der Waals surface area contributed by atoms with Crippen molar-refractivity contribution in [1.29, 1.82) is 0 Å². The molecule has 1 atom stereocenters. The standard InChI is InChI=1S/C15H18N2O/c1-10-7-11(2)15(17-9-10)14(16)12-5-4-6-13(8-12)18-3/h4-9,14H,16H2,1-3H3. The number of benzene rings is 1. The van der Waals surface area contributed by atoms with E-state index in [0.29, 0.717) is 0 Å². The monoisotopic (exact) mass is 242 g/mol. The number of hydrogen-bond acceptors (Lipinski definition) is 3. The molecule has 0 radical (unpaired) electrons. The van der Waals surface area contributed by atoms with Crippen LogP contribution in [0.5, 0.6) is 5.75 Å². The maximum atomic E-state index is 6.27. The Hall–Kier alpha value is -1.87. The Bertz CT molecular complexity index is 552. The van der Waals surface area contributed by atoms with Crippen molar-refractivity contribution in [3.63, 3.8) is 0 Å². The number of ether oxygens (including phenoxy) is 1. The van der Waals surface area contributed by atoms with Gasteiger partial charge in [-0.2, -0.15) is 0 Å². The molecule has 0 aliphatic carbocycles. The molecule has 1 unspecified atom stereocenters. The van der Waals surface area contributed by atoms with Crippen LogP contribution in [0, 0.1) is 13.8 Å². The van der Waals surface area contributed by atoms with Crippen molar-refractivity contribution in [2.24, 2.45) is 5.73 Å². The zero-order valence-corrected chi connectivity index (χ0v) is 11.0. The van der Waals surface area contributed by atoms with Gasteiger partial charge in [0.2, 0.25) is 0 Å². The largest absolute Gasteiger partial charge is 0.497 e. The van der Waals surface area contributed by atoms with Crippen LogP contribution in [0.3, 0.4) is 0 Å². The van der Waals surface area contributed by atoms with Gasteiger partial charge >= 0.3 is 0 Å². The van der Waals surface area contributed by atoms with Crippen molar-refractivity contribution < 1.29 is 4.74 Å². The summed E-state index contributed by atoms with van der Waals surface area (Å²) < 4.78 is 5.21. The zero-order chi connectivity index (χ0) is 13.1. The Morgan fingerprint density at radius 3 is 2.67 bits per heavy atom. The van der Waals surface area contributed by atoms with Crippen molar-refractivity contribution in [2.45, 2.75) is 19.9 Å². The molecule has 1 aromatic heterocycles. The molecule has 3 heteroatoms. The minimum absolute atomic E-state index is 0.222. The fourth-order valence-corrected chi connectivity index (χ4v) is 2.04. The summed E-state index contributed by atoms with van der Waals surface area (Å²) in [4.78, 5) is 4.44. The normalized spacial score (nSPS) is 12.2. The predicted octanol–water partition coefficient (Wildman–Crippen LogP) is 2.76. The third-order valence-electron chi connectivity index (χ3n) is 3.00. The minimum Gasteiger partial charge on any atom is -0.497 e. The summed E-state index contributed by atoms with van der Waals surface area (Å²) in [6, 6.07) is 9.67. The van der Waals surface area contributed by atoms with Crippen LogP contribution in [0.1, 0.15) is 28.4 Å². The molecule has 0 amide bonds. The fraction of sp³-hybridized carbons (Fsp3) is 0.267. The number of aryl methyl sites for hydroxylation is 2. The van der Waals surface area contributed by atoms with E-state index < -0.39 is 0 Å². The van der Waals surface area contributed by atoms with E-state index in [9.17, 15) is 0 Å². The third-order valence-corrected chi connectivity index (χ3v) is 3.00. The van der Waals surface area contributed by atoms with Gasteiger partial charge in [0.25, 0.3) is 0 Å². The van der Waals surface area contributed by atoms with Crippen LogP contribution in [0.15, 0.2) is 36.5 Å². The van der Waals surface area contributed by atoms with E-state index in [2.05, 4.69) is 11.1 Å². The number of methoxy groups -OCH3 is 1. The number of hydrogen-bond donors (Lipinski definition) is 1. The van der Waals surface area contributed by atoms with E-state index in [4.69, 9.17) is 10.5 Å². The molecule has 0 aliphatic heterocycles. The molecular weight excluding hydrogens is 224 g/mol. The second-order valence-electron chi connectivity index (χ2n) is 4.47. The molecule has 94 valence electrons. The van der Waals surface area contributed by atoms with Crippen LogP contribution in [0.4, 0.5) is 0 Å². The molecule has 1 aromatic carbocycles. The van der Waals surface area contributed by atoms with Crippen molar-refractivity contribution in [2.75, 3.05) is 7.11 Å². The fourth-order valence-electron chi connectivity index (χ4n) is 2.04. The second-order valence-corrected chi connectivity index (χ2v) is 4.47. The highest BCUT2D eigenvalue weighted by Gasteiger charge is 2.13. The van der Waals surface area contributed by atoms with Crippen LogP contribution in [-0.4, -0.2) is 12.1 Å². The van der Waals surface area contributed by atoms with E-state index in [-0.39, 0.29) is 6.04 Å². The van der Waals surface area contributed by atoms with Gasteiger partial charge in [-0.25, -0.2) is 0 Å². The van der Waals surface area contributed by atoms with Crippen LogP contribution >= 0.6 is 0 Å². The number of aromatic nitrogens is 1. The first-order valence-corrected chi connectivity index (χ1v) is 5.94. The predicted molar refractivity (Wildman–Crippen MR) is 72.7 cm³/mol. The molecule has 0 fully saturated rings.